The minimum Gasteiger partial charge on any atom is -0.318 e. The number of benzene rings is 2. The lowest BCUT2D eigenvalue weighted by Crippen LogP contribution is -2.13. The van der Waals surface area contributed by atoms with E-state index in [1.807, 2.05) is 0 Å². The first-order valence-corrected chi connectivity index (χ1v) is 10.1. The molecule has 3 aromatic rings. The molecule has 9 heteroatoms. The van der Waals surface area contributed by atoms with E-state index in [-0.39, 0.29) is 4.90 Å². The van der Waals surface area contributed by atoms with Crippen LogP contribution in [0.3, 0.4) is 0 Å². The molecule has 0 fully saturated rings. The zero-order valence-electron chi connectivity index (χ0n) is 15.2. The lowest BCUT2D eigenvalue weighted by atomic mass is 10.1. The van der Waals surface area contributed by atoms with Crippen LogP contribution in [0.1, 0.15) is 0 Å². The van der Waals surface area contributed by atoms with Gasteiger partial charge in [0.15, 0.2) is 15.7 Å². The number of hydrogen-bond acceptors (Lipinski definition) is 5. The van der Waals surface area contributed by atoms with E-state index in [1.165, 1.54) is 17.0 Å². The first-order valence-electron chi connectivity index (χ1n) is 8.23. The minimum absolute atomic E-state index is 0.217. The van der Waals surface area contributed by atoms with E-state index in [0.717, 1.165) is 17.5 Å². The van der Waals surface area contributed by atoms with Gasteiger partial charge in [0.2, 0.25) is 12.8 Å². The van der Waals surface area contributed by atoms with Crippen molar-refractivity contribution in [3.8, 4) is 16.9 Å². The Balaban J connectivity index is 2.06. The molecule has 144 valence electrons. The molecule has 8 nitrogen and oxygen atoms in total. The number of amides is 2. The van der Waals surface area contributed by atoms with Crippen molar-refractivity contribution < 1.29 is 18.0 Å². The molecular formula is C19H18N4O4S. The molecule has 0 saturated carbocycles. The highest BCUT2D eigenvalue weighted by Crippen LogP contribution is 2.27. The summed E-state index contributed by atoms with van der Waals surface area (Å²) < 4.78 is 25.0. The Morgan fingerprint density at radius 3 is 2.21 bits per heavy atom. The molecule has 3 rings (SSSR count). The molecule has 1 heterocycles. The van der Waals surface area contributed by atoms with Gasteiger partial charge >= 0.3 is 0 Å². The van der Waals surface area contributed by atoms with Crippen molar-refractivity contribution in [1.29, 1.82) is 0 Å². The van der Waals surface area contributed by atoms with Gasteiger partial charge in [-0.1, -0.05) is 12.1 Å². The van der Waals surface area contributed by atoms with Crippen LogP contribution in [-0.4, -0.2) is 44.3 Å². The van der Waals surface area contributed by atoms with Crippen molar-refractivity contribution in [3.05, 3.63) is 54.6 Å². The third kappa shape index (κ3) is 3.94. The van der Waals surface area contributed by atoms with Crippen LogP contribution in [0.2, 0.25) is 0 Å². The van der Waals surface area contributed by atoms with Gasteiger partial charge in [-0.05, 0) is 36.4 Å². The van der Waals surface area contributed by atoms with Crippen molar-refractivity contribution in [2.45, 2.75) is 4.90 Å². The third-order valence-electron chi connectivity index (χ3n) is 4.15. The Hall–Kier alpha value is -3.46. The molecule has 0 aliphatic rings. The van der Waals surface area contributed by atoms with E-state index in [2.05, 4.69) is 10.4 Å². The molecule has 28 heavy (non-hydrogen) atoms. The predicted octanol–water partition coefficient (Wildman–Crippen LogP) is 2.10. The SMILES string of the molecule is CN(C=O)c1ccc(-n2nc(NC=O)cc2-c2ccc(S(C)(=O)=O)cc2)cc1. The molecule has 0 bridgehead atoms. The maximum atomic E-state index is 11.7. The molecule has 0 aliphatic heterocycles. The van der Waals surface area contributed by atoms with Crippen LogP contribution >= 0.6 is 0 Å². The smallest absolute Gasteiger partial charge is 0.213 e. The quantitative estimate of drug-likeness (QED) is 0.614. The van der Waals surface area contributed by atoms with Crippen molar-refractivity contribution >= 4 is 34.2 Å². The molecule has 2 amide bonds. The van der Waals surface area contributed by atoms with Crippen LogP contribution in [0.15, 0.2) is 59.5 Å². The fourth-order valence-corrected chi connectivity index (χ4v) is 3.31. The van der Waals surface area contributed by atoms with Crippen LogP contribution in [0.25, 0.3) is 16.9 Å². The van der Waals surface area contributed by atoms with Crippen LogP contribution in [0.5, 0.6) is 0 Å². The first kappa shape index (κ1) is 19.3. The highest BCUT2D eigenvalue weighted by molar-refractivity contribution is 7.90. The molecule has 0 aliphatic carbocycles. The Morgan fingerprint density at radius 1 is 1.04 bits per heavy atom. The topological polar surface area (TPSA) is 101 Å². The van der Waals surface area contributed by atoms with Crippen LogP contribution < -0.4 is 10.2 Å². The van der Waals surface area contributed by atoms with E-state index >= 15 is 0 Å². The van der Waals surface area contributed by atoms with E-state index < -0.39 is 9.84 Å². The molecular weight excluding hydrogens is 380 g/mol. The Labute approximate surface area is 162 Å². The fraction of sp³-hybridized carbons (Fsp3) is 0.105. The lowest BCUT2D eigenvalue weighted by molar-refractivity contribution is -0.107. The lowest BCUT2D eigenvalue weighted by Gasteiger charge is -2.12. The van der Waals surface area contributed by atoms with Gasteiger partial charge in [-0.25, -0.2) is 13.1 Å². The van der Waals surface area contributed by atoms with E-state index in [4.69, 9.17) is 0 Å². The molecule has 0 spiro atoms. The van der Waals surface area contributed by atoms with Gasteiger partial charge in [-0.3, -0.25) is 9.59 Å². The van der Waals surface area contributed by atoms with Gasteiger partial charge < -0.3 is 10.2 Å². The molecule has 0 radical (unpaired) electrons. The minimum atomic E-state index is -3.30. The van der Waals surface area contributed by atoms with E-state index in [0.29, 0.717) is 30.0 Å². The summed E-state index contributed by atoms with van der Waals surface area (Å²) in [5.41, 5.74) is 2.83. The second kappa shape index (κ2) is 7.65. The maximum Gasteiger partial charge on any atom is 0.213 e. The van der Waals surface area contributed by atoms with Gasteiger partial charge in [0.25, 0.3) is 0 Å². The average molecular weight is 398 g/mol. The summed E-state index contributed by atoms with van der Waals surface area (Å²) in [5, 5.41) is 6.90. The number of nitrogens with one attached hydrogen (secondary N) is 1. The summed E-state index contributed by atoms with van der Waals surface area (Å²) in [5.74, 6) is 0.353. The Morgan fingerprint density at radius 2 is 1.68 bits per heavy atom. The van der Waals surface area contributed by atoms with E-state index in [9.17, 15) is 18.0 Å². The zero-order chi connectivity index (χ0) is 20.3. The van der Waals surface area contributed by atoms with Crippen LogP contribution in [-0.2, 0) is 19.4 Å². The van der Waals surface area contributed by atoms with Crippen molar-refractivity contribution in [2.24, 2.45) is 0 Å². The standard InChI is InChI=1S/C19H18N4O4S/c1-22(13-25)15-5-7-16(8-6-15)23-18(11-19(21-23)20-12-24)14-3-9-17(10-4-14)28(2,26)27/h3-13H,1-2H3,(H,20,21,24). The van der Waals surface area contributed by atoms with Gasteiger partial charge in [0.05, 0.1) is 16.3 Å². The van der Waals surface area contributed by atoms with E-state index in [1.54, 1.807) is 54.2 Å². The van der Waals surface area contributed by atoms with Gasteiger partial charge in [-0.15, -0.1) is 5.10 Å². The highest BCUT2D eigenvalue weighted by atomic mass is 32.2. The second-order valence-electron chi connectivity index (χ2n) is 6.12. The average Bonchev–Trinajstić information content (AvgIpc) is 3.11. The zero-order valence-corrected chi connectivity index (χ0v) is 16.1. The molecule has 2 aromatic carbocycles. The van der Waals surface area contributed by atoms with Crippen LogP contribution in [0.4, 0.5) is 11.5 Å². The number of anilines is 2. The van der Waals surface area contributed by atoms with Gasteiger partial charge in [0, 0.05) is 30.6 Å². The molecule has 1 N–H and O–H groups in total. The summed E-state index contributed by atoms with van der Waals surface area (Å²) in [6.45, 7) is 0. The predicted molar refractivity (Wildman–Crippen MR) is 106 cm³/mol. The molecule has 0 unspecified atom stereocenters. The largest absolute Gasteiger partial charge is 0.318 e. The maximum absolute atomic E-state index is 11.7. The Kier molecular flexibility index (Phi) is 5.27. The number of carbonyl (C=O) groups is 2. The summed E-state index contributed by atoms with van der Waals surface area (Å²) in [6.07, 6.45) is 2.39. The Bertz CT molecular complexity index is 1100. The summed E-state index contributed by atoms with van der Waals surface area (Å²) >= 11 is 0. The molecule has 0 saturated heterocycles. The molecule has 1 aromatic heterocycles. The van der Waals surface area contributed by atoms with Gasteiger partial charge in [0.1, 0.15) is 0 Å². The van der Waals surface area contributed by atoms with Crippen molar-refractivity contribution in [1.82, 2.24) is 9.78 Å². The number of carbonyl (C=O) groups excluding carboxylic acids is 2. The van der Waals surface area contributed by atoms with Gasteiger partial charge in [-0.2, -0.15) is 0 Å². The second-order valence-corrected chi connectivity index (χ2v) is 8.13. The highest BCUT2D eigenvalue weighted by Gasteiger charge is 2.14. The first-order chi connectivity index (χ1) is 13.3. The number of nitrogens with zero attached hydrogens (tertiary/aromatic N) is 3. The summed E-state index contributed by atoms with van der Waals surface area (Å²) in [7, 11) is -1.65. The number of hydrogen-bond donors (Lipinski definition) is 1. The normalized spacial score (nSPS) is 11.1. The number of sulfone groups is 1. The summed E-state index contributed by atoms with van der Waals surface area (Å²) in [4.78, 5) is 23.4. The van der Waals surface area contributed by atoms with Crippen molar-refractivity contribution in [3.63, 3.8) is 0 Å². The monoisotopic (exact) mass is 398 g/mol. The van der Waals surface area contributed by atoms with Crippen molar-refractivity contribution in [2.75, 3.05) is 23.5 Å². The molecule has 0 atom stereocenters. The number of rotatable bonds is 7. The third-order valence-corrected chi connectivity index (χ3v) is 5.28. The summed E-state index contributed by atoms with van der Waals surface area (Å²) in [6, 6.07) is 15.2. The van der Waals surface area contributed by atoms with Crippen LogP contribution in [0, 0.1) is 0 Å². The fourth-order valence-electron chi connectivity index (χ4n) is 2.68. The number of aromatic nitrogens is 2.